The third-order valence-electron chi connectivity index (χ3n) is 5.54. The Hall–Kier alpha value is -1.63. The van der Waals surface area contributed by atoms with E-state index in [1.807, 2.05) is 6.07 Å². The van der Waals surface area contributed by atoms with Gasteiger partial charge >= 0.3 is 0 Å². The smallest absolute Gasteiger partial charge is 0.255 e. The zero-order valence-corrected chi connectivity index (χ0v) is 16.3. The molecule has 1 aliphatic heterocycles. The van der Waals surface area contributed by atoms with Crippen LogP contribution in [0.15, 0.2) is 18.3 Å². The van der Waals surface area contributed by atoms with Crippen LogP contribution in [0.4, 0.5) is 5.82 Å². The number of hydrogen-bond donors (Lipinski definition) is 1. The van der Waals surface area contributed by atoms with Crippen LogP contribution in [0.2, 0.25) is 0 Å². The van der Waals surface area contributed by atoms with Gasteiger partial charge in [0.15, 0.2) is 9.84 Å². The summed E-state index contributed by atoms with van der Waals surface area (Å²) in [5.41, 5.74) is 0.515. The molecule has 6 nitrogen and oxygen atoms in total. The fourth-order valence-corrected chi connectivity index (χ4v) is 5.12. The van der Waals surface area contributed by atoms with E-state index in [1.165, 1.54) is 38.5 Å². The van der Waals surface area contributed by atoms with Crippen LogP contribution in [0.25, 0.3) is 0 Å². The summed E-state index contributed by atoms with van der Waals surface area (Å²) in [6.45, 7) is 2.78. The molecular weight excluding hydrogens is 350 g/mol. The van der Waals surface area contributed by atoms with E-state index in [0.29, 0.717) is 11.6 Å². The summed E-state index contributed by atoms with van der Waals surface area (Å²) in [4.78, 5) is 18.5. The van der Waals surface area contributed by atoms with Gasteiger partial charge < -0.3 is 10.2 Å². The van der Waals surface area contributed by atoms with Crippen molar-refractivity contribution in [3.63, 3.8) is 0 Å². The molecule has 0 unspecified atom stereocenters. The van der Waals surface area contributed by atoms with Crippen molar-refractivity contribution in [1.29, 1.82) is 0 Å². The van der Waals surface area contributed by atoms with Gasteiger partial charge in [-0.3, -0.25) is 4.79 Å². The number of nitrogens with zero attached hydrogens (tertiary/aromatic N) is 2. The Morgan fingerprint density at radius 2 is 1.88 bits per heavy atom. The van der Waals surface area contributed by atoms with Gasteiger partial charge in [-0.15, -0.1) is 0 Å². The maximum absolute atomic E-state index is 12.5. The van der Waals surface area contributed by atoms with Crippen molar-refractivity contribution in [2.24, 2.45) is 5.92 Å². The number of hydrogen-bond acceptors (Lipinski definition) is 5. The van der Waals surface area contributed by atoms with Crippen molar-refractivity contribution in [1.82, 2.24) is 9.88 Å². The molecule has 2 heterocycles. The molecule has 2 aliphatic rings. The quantitative estimate of drug-likeness (QED) is 0.851. The highest BCUT2D eigenvalue weighted by atomic mass is 32.2. The lowest BCUT2D eigenvalue weighted by Gasteiger charge is -2.29. The highest BCUT2D eigenvalue weighted by Gasteiger charge is 2.26. The average Bonchev–Trinajstić information content (AvgIpc) is 2.64. The fourth-order valence-electron chi connectivity index (χ4n) is 3.92. The van der Waals surface area contributed by atoms with E-state index in [-0.39, 0.29) is 30.5 Å². The van der Waals surface area contributed by atoms with Gasteiger partial charge in [-0.25, -0.2) is 13.4 Å². The van der Waals surface area contributed by atoms with E-state index >= 15 is 0 Å². The van der Waals surface area contributed by atoms with Gasteiger partial charge in [0, 0.05) is 25.3 Å². The predicted octanol–water partition coefficient (Wildman–Crippen LogP) is 2.72. The lowest BCUT2D eigenvalue weighted by molar-refractivity contribution is 0.0770. The van der Waals surface area contributed by atoms with Crippen LogP contribution < -0.4 is 5.32 Å². The minimum Gasteiger partial charge on any atom is -0.367 e. The molecule has 144 valence electrons. The Morgan fingerprint density at radius 1 is 1.19 bits per heavy atom. The normalized spacial score (nSPS) is 25.7. The summed E-state index contributed by atoms with van der Waals surface area (Å²) in [6.07, 6.45) is 9.10. The molecule has 1 amide bonds. The first-order chi connectivity index (χ1) is 12.5. The van der Waals surface area contributed by atoms with Gasteiger partial charge in [0.05, 0.1) is 17.1 Å². The summed E-state index contributed by atoms with van der Waals surface area (Å²) in [7, 11) is -2.98. The molecule has 0 bridgehead atoms. The zero-order chi connectivity index (χ0) is 18.6. The maximum Gasteiger partial charge on any atom is 0.255 e. The summed E-state index contributed by atoms with van der Waals surface area (Å²) >= 11 is 0. The molecular formula is C19H29N3O3S. The fraction of sp³-hybridized carbons (Fsp3) is 0.684. The second-order valence-corrected chi connectivity index (χ2v) is 9.83. The van der Waals surface area contributed by atoms with Crippen molar-refractivity contribution >= 4 is 21.6 Å². The minimum absolute atomic E-state index is 0.0481. The molecule has 3 rings (SSSR count). The van der Waals surface area contributed by atoms with E-state index in [4.69, 9.17) is 0 Å². The second kappa shape index (κ2) is 8.37. The number of rotatable bonds is 5. The van der Waals surface area contributed by atoms with Gasteiger partial charge in [0.1, 0.15) is 5.82 Å². The van der Waals surface area contributed by atoms with Gasteiger partial charge in [-0.1, -0.05) is 19.8 Å². The number of aromatic nitrogens is 1. The Balaban J connectivity index is 1.51. The molecule has 2 fully saturated rings. The molecule has 1 N–H and O–H groups in total. The molecule has 0 radical (unpaired) electrons. The lowest BCUT2D eigenvalue weighted by atomic mass is 9.83. The van der Waals surface area contributed by atoms with Crippen LogP contribution in [0.5, 0.6) is 0 Å². The van der Waals surface area contributed by atoms with Crippen molar-refractivity contribution in [3.8, 4) is 0 Å². The third kappa shape index (κ3) is 4.96. The maximum atomic E-state index is 12.5. The number of carbonyl (C=O) groups is 1. The average molecular weight is 380 g/mol. The number of anilines is 1. The number of nitrogens with one attached hydrogen (secondary N) is 1. The van der Waals surface area contributed by atoms with Crippen LogP contribution in [0.1, 0.15) is 55.8 Å². The topological polar surface area (TPSA) is 79.4 Å². The van der Waals surface area contributed by atoms with E-state index in [1.54, 1.807) is 17.2 Å². The molecule has 1 aromatic heterocycles. The Kier molecular flexibility index (Phi) is 6.16. The van der Waals surface area contributed by atoms with Crippen LogP contribution >= 0.6 is 0 Å². The lowest BCUT2D eigenvalue weighted by Crippen LogP contribution is -2.43. The van der Waals surface area contributed by atoms with Gasteiger partial charge in [0.2, 0.25) is 0 Å². The van der Waals surface area contributed by atoms with Gasteiger partial charge in [0.25, 0.3) is 5.91 Å². The summed E-state index contributed by atoms with van der Waals surface area (Å²) in [5, 5.41) is 3.48. The predicted molar refractivity (Wildman–Crippen MR) is 103 cm³/mol. The van der Waals surface area contributed by atoms with E-state index in [2.05, 4.69) is 17.2 Å². The van der Waals surface area contributed by atoms with Crippen LogP contribution in [-0.2, 0) is 9.84 Å². The first-order valence-electron chi connectivity index (χ1n) is 9.69. The molecule has 0 aromatic carbocycles. The summed E-state index contributed by atoms with van der Waals surface area (Å²) < 4.78 is 23.0. The van der Waals surface area contributed by atoms with Crippen molar-refractivity contribution in [2.45, 2.75) is 51.5 Å². The molecule has 26 heavy (non-hydrogen) atoms. The largest absolute Gasteiger partial charge is 0.367 e. The number of sulfone groups is 1. The monoisotopic (exact) mass is 379 g/mol. The first-order valence-corrected chi connectivity index (χ1v) is 11.5. The van der Waals surface area contributed by atoms with Crippen molar-refractivity contribution in [2.75, 3.05) is 29.9 Å². The Bertz CT molecular complexity index is 696. The number of amides is 1. The van der Waals surface area contributed by atoms with Crippen molar-refractivity contribution in [3.05, 3.63) is 23.9 Å². The van der Waals surface area contributed by atoms with Crippen molar-refractivity contribution < 1.29 is 13.2 Å². The van der Waals surface area contributed by atoms with Gasteiger partial charge in [-0.05, 0) is 43.7 Å². The van der Waals surface area contributed by atoms with E-state index in [0.717, 1.165) is 11.7 Å². The molecule has 1 aliphatic carbocycles. The number of pyridine rings is 1. The SMILES string of the molecule is CCCC1CCC(Nc2ccc(C(=O)N3CCS(=O)(=O)CC3)cn2)CC1. The summed E-state index contributed by atoms with van der Waals surface area (Å²) in [5.74, 6) is 1.64. The van der Waals surface area contributed by atoms with Crippen LogP contribution in [0.3, 0.4) is 0 Å². The molecule has 0 spiro atoms. The third-order valence-corrected chi connectivity index (χ3v) is 7.15. The molecule has 1 aromatic rings. The van der Waals surface area contributed by atoms with Crippen LogP contribution in [0, 0.1) is 5.92 Å². The van der Waals surface area contributed by atoms with Crippen LogP contribution in [-0.4, -0.2) is 54.8 Å². The molecule has 0 atom stereocenters. The number of carbonyl (C=O) groups excluding carboxylic acids is 1. The highest BCUT2D eigenvalue weighted by molar-refractivity contribution is 7.91. The second-order valence-electron chi connectivity index (χ2n) is 7.53. The molecule has 1 saturated carbocycles. The first kappa shape index (κ1) is 19.1. The minimum atomic E-state index is -2.98. The Labute approximate surface area is 156 Å². The highest BCUT2D eigenvalue weighted by Crippen LogP contribution is 2.29. The molecule has 7 heteroatoms. The zero-order valence-electron chi connectivity index (χ0n) is 15.5. The standard InChI is InChI=1S/C19H29N3O3S/c1-2-3-15-4-7-17(8-5-15)21-18-9-6-16(14-20-18)19(23)22-10-12-26(24,25)13-11-22/h6,9,14-15,17H,2-5,7-8,10-13H2,1H3,(H,20,21). The summed E-state index contributed by atoms with van der Waals surface area (Å²) in [6, 6.07) is 4.10. The van der Waals surface area contributed by atoms with Gasteiger partial charge in [-0.2, -0.15) is 0 Å². The van der Waals surface area contributed by atoms with E-state index < -0.39 is 9.84 Å². The Morgan fingerprint density at radius 3 is 2.46 bits per heavy atom. The van der Waals surface area contributed by atoms with E-state index in [9.17, 15) is 13.2 Å². The molecule has 1 saturated heterocycles.